The summed E-state index contributed by atoms with van der Waals surface area (Å²) in [5.41, 5.74) is -2.86. The fourth-order valence-corrected chi connectivity index (χ4v) is 5.68. The van der Waals surface area contributed by atoms with Gasteiger partial charge in [0.25, 0.3) is 5.56 Å². The molecule has 202 valence electrons. The Labute approximate surface area is 221 Å². The molecule has 0 spiro atoms. The van der Waals surface area contributed by atoms with Gasteiger partial charge in [-0.1, -0.05) is 0 Å². The van der Waals surface area contributed by atoms with Crippen molar-refractivity contribution in [3.63, 3.8) is 0 Å². The van der Waals surface area contributed by atoms with E-state index in [1.807, 2.05) is 6.07 Å². The highest BCUT2D eigenvalue weighted by Gasteiger charge is 2.36. The van der Waals surface area contributed by atoms with E-state index in [1.54, 1.807) is 6.92 Å². The minimum absolute atomic E-state index is 0.0801. The molecule has 1 N–H and O–H groups in total. The lowest BCUT2D eigenvalue weighted by Gasteiger charge is -2.30. The van der Waals surface area contributed by atoms with Gasteiger partial charge in [-0.2, -0.15) is 5.26 Å². The second-order valence-electron chi connectivity index (χ2n) is 9.57. The number of ether oxygens (including phenoxy) is 3. The second kappa shape index (κ2) is 10.7. The second-order valence-corrected chi connectivity index (χ2v) is 10.6. The third kappa shape index (κ3) is 4.84. The highest BCUT2D eigenvalue weighted by atomic mass is 32.1. The lowest BCUT2D eigenvalue weighted by atomic mass is 10.0. The Morgan fingerprint density at radius 1 is 1.34 bits per heavy atom. The van der Waals surface area contributed by atoms with Crippen molar-refractivity contribution in [3.8, 4) is 11.8 Å². The van der Waals surface area contributed by atoms with Crippen LogP contribution in [0.1, 0.15) is 48.8 Å². The van der Waals surface area contributed by atoms with Gasteiger partial charge in [0.15, 0.2) is 0 Å². The Hall–Kier alpha value is -3.53. The highest BCUT2D eigenvalue weighted by Crippen LogP contribution is 2.34. The van der Waals surface area contributed by atoms with Crippen LogP contribution in [-0.4, -0.2) is 46.6 Å². The molecule has 0 saturated carbocycles. The summed E-state index contributed by atoms with van der Waals surface area (Å²) >= 11 is 0.963. The number of methoxy groups -OCH3 is 1. The molecule has 1 atom stereocenters. The number of hydrogen-bond donors (Lipinski definition) is 1. The normalized spacial score (nSPS) is 15.4. The molecule has 2 aromatic heterocycles. The van der Waals surface area contributed by atoms with E-state index in [9.17, 15) is 29.1 Å². The number of nitrogens with zero attached hydrogens (tertiary/aromatic N) is 3. The predicted octanol–water partition coefficient (Wildman–Crippen LogP) is 3.31. The van der Waals surface area contributed by atoms with Gasteiger partial charge >= 0.3 is 11.7 Å². The van der Waals surface area contributed by atoms with Crippen LogP contribution in [0.2, 0.25) is 0 Å². The Morgan fingerprint density at radius 3 is 2.63 bits per heavy atom. The van der Waals surface area contributed by atoms with E-state index >= 15 is 0 Å². The SMILES string of the molecule is COc1ccc(F)cc1C(Cn1c(=O)n(C(C)(C)C(=O)O)c(=O)c2c(C)c(C#N)sc21)OC1CCOCC1. The standard InChI is InChI=1S/C26H28FN3O7S/c1-14-20(12-28)38-23-21(14)22(31)30(26(2,3)24(32)33)25(34)29(23)13-19(37-16-7-9-36-10-8-16)17-11-15(27)5-6-18(17)35-4/h5-6,11,16,19H,7-10,13H2,1-4H3,(H,32,33). The van der Waals surface area contributed by atoms with Crippen LogP contribution in [0.3, 0.4) is 0 Å². The Kier molecular flexibility index (Phi) is 7.73. The van der Waals surface area contributed by atoms with E-state index in [0.717, 1.165) is 11.3 Å². The van der Waals surface area contributed by atoms with Crippen LogP contribution >= 0.6 is 11.3 Å². The number of benzene rings is 1. The molecule has 38 heavy (non-hydrogen) atoms. The number of halogens is 1. The third-order valence-corrected chi connectivity index (χ3v) is 8.03. The maximum Gasteiger partial charge on any atom is 0.333 e. The lowest BCUT2D eigenvalue weighted by Crippen LogP contribution is -2.52. The van der Waals surface area contributed by atoms with Gasteiger partial charge in [-0.15, -0.1) is 11.3 Å². The molecule has 1 fully saturated rings. The zero-order valence-corrected chi connectivity index (χ0v) is 22.3. The van der Waals surface area contributed by atoms with Crippen molar-refractivity contribution in [1.29, 1.82) is 5.26 Å². The van der Waals surface area contributed by atoms with E-state index in [4.69, 9.17) is 14.2 Å². The summed E-state index contributed by atoms with van der Waals surface area (Å²) < 4.78 is 33.6. The highest BCUT2D eigenvalue weighted by molar-refractivity contribution is 7.19. The molecule has 1 aliphatic rings. The van der Waals surface area contributed by atoms with Crippen LogP contribution in [-0.2, 0) is 26.4 Å². The molecule has 3 aromatic rings. The number of aromatic nitrogens is 2. The van der Waals surface area contributed by atoms with Crippen LogP contribution in [0.15, 0.2) is 27.8 Å². The van der Waals surface area contributed by atoms with Crippen LogP contribution in [0.25, 0.3) is 10.2 Å². The average Bonchev–Trinajstić information content (AvgIpc) is 3.22. The minimum atomic E-state index is -1.89. The third-order valence-electron chi connectivity index (χ3n) is 6.81. The number of carboxylic acid groups (broad SMARTS) is 1. The molecule has 0 radical (unpaired) electrons. The predicted molar refractivity (Wildman–Crippen MR) is 137 cm³/mol. The fraction of sp³-hybridized carbons (Fsp3) is 0.462. The average molecular weight is 546 g/mol. The first-order valence-electron chi connectivity index (χ1n) is 12.0. The van der Waals surface area contributed by atoms with Crippen molar-refractivity contribution in [2.45, 2.75) is 57.9 Å². The smallest absolute Gasteiger partial charge is 0.333 e. The molecule has 0 aliphatic carbocycles. The molecule has 1 aliphatic heterocycles. The van der Waals surface area contributed by atoms with Crippen LogP contribution in [0, 0.1) is 24.1 Å². The summed E-state index contributed by atoms with van der Waals surface area (Å²) in [6.45, 7) is 4.87. The van der Waals surface area contributed by atoms with E-state index in [0.29, 0.717) is 47.5 Å². The molecule has 0 amide bonds. The molecule has 4 rings (SSSR count). The van der Waals surface area contributed by atoms with Gasteiger partial charge in [0.1, 0.15) is 39.0 Å². The molecular formula is C26H28FN3O7S. The van der Waals surface area contributed by atoms with Crippen LogP contribution in [0.4, 0.5) is 4.39 Å². The largest absolute Gasteiger partial charge is 0.496 e. The maximum atomic E-state index is 14.4. The van der Waals surface area contributed by atoms with Crippen molar-refractivity contribution in [2.24, 2.45) is 0 Å². The summed E-state index contributed by atoms with van der Waals surface area (Å²) in [4.78, 5) is 39.9. The number of hydrogen-bond acceptors (Lipinski definition) is 8. The van der Waals surface area contributed by atoms with E-state index < -0.39 is 34.7 Å². The van der Waals surface area contributed by atoms with Crippen LogP contribution < -0.4 is 16.0 Å². The van der Waals surface area contributed by atoms with Crippen molar-refractivity contribution in [2.75, 3.05) is 20.3 Å². The number of fused-ring (bicyclic) bond motifs is 1. The van der Waals surface area contributed by atoms with Crippen LogP contribution in [0.5, 0.6) is 5.75 Å². The summed E-state index contributed by atoms with van der Waals surface area (Å²) in [5, 5.41) is 19.6. The number of thiophene rings is 1. The van der Waals surface area contributed by atoms with Crippen molar-refractivity contribution in [1.82, 2.24) is 9.13 Å². The monoisotopic (exact) mass is 545 g/mol. The molecule has 1 aromatic carbocycles. The lowest BCUT2D eigenvalue weighted by molar-refractivity contribution is -0.146. The fourth-order valence-electron chi connectivity index (χ4n) is 4.58. The molecule has 1 unspecified atom stereocenters. The minimum Gasteiger partial charge on any atom is -0.496 e. The zero-order valence-electron chi connectivity index (χ0n) is 21.4. The first-order valence-corrected chi connectivity index (χ1v) is 12.8. The van der Waals surface area contributed by atoms with Gasteiger partial charge in [-0.25, -0.2) is 18.5 Å². The summed E-state index contributed by atoms with van der Waals surface area (Å²) in [7, 11) is 1.43. The Morgan fingerprint density at radius 2 is 2.03 bits per heavy atom. The van der Waals surface area contributed by atoms with Gasteiger partial charge in [-0.3, -0.25) is 9.36 Å². The molecule has 1 saturated heterocycles. The van der Waals surface area contributed by atoms with Crippen molar-refractivity contribution < 1.29 is 28.5 Å². The summed E-state index contributed by atoms with van der Waals surface area (Å²) in [5.74, 6) is -1.57. The van der Waals surface area contributed by atoms with Crippen molar-refractivity contribution >= 4 is 27.5 Å². The van der Waals surface area contributed by atoms with E-state index in [2.05, 4.69) is 0 Å². The molecule has 12 heteroatoms. The van der Waals surface area contributed by atoms with Gasteiger partial charge in [0.05, 0.1) is 25.1 Å². The molecule has 10 nitrogen and oxygen atoms in total. The quantitative estimate of drug-likeness (QED) is 0.456. The number of nitriles is 1. The first kappa shape index (κ1) is 27.5. The van der Waals surface area contributed by atoms with Gasteiger partial charge < -0.3 is 19.3 Å². The van der Waals surface area contributed by atoms with E-state index in [-0.39, 0.29) is 27.7 Å². The van der Waals surface area contributed by atoms with Gasteiger partial charge in [0.2, 0.25) is 0 Å². The number of carbonyl (C=O) groups is 1. The van der Waals surface area contributed by atoms with E-state index in [1.165, 1.54) is 43.7 Å². The number of aryl methyl sites for hydroxylation is 1. The summed E-state index contributed by atoms with van der Waals surface area (Å²) in [6, 6.07) is 6.01. The number of aliphatic carboxylic acids is 1. The Bertz CT molecular complexity index is 1540. The number of rotatable bonds is 8. The molecule has 0 bridgehead atoms. The Balaban J connectivity index is 1.99. The first-order chi connectivity index (χ1) is 18.0. The molecular weight excluding hydrogens is 517 g/mol. The molecule has 3 heterocycles. The van der Waals surface area contributed by atoms with Crippen molar-refractivity contribution in [3.05, 3.63) is 60.9 Å². The zero-order chi connectivity index (χ0) is 27.8. The summed E-state index contributed by atoms with van der Waals surface area (Å²) in [6.07, 6.45) is 0.00644. The topological polar surface area (TPSA) is 133 Å². The van der Waals surface area contributed by atoms with Gasteiger partial charge in [-0.05, 0) is 57.4 Å². The number of carboxylic acids is 1. The van der Waals surface area contributed by atoms with Gasteiger partial charge in [0, 0.05) is 18.8 Å². The maximum absolute atomic E-state index is 14.4.